The summed E-state index contributed by atoms with van der Waals surface area (Å²) in [7, 11) is 0. The molecule has 2 atom stereocenters. The van der Waals surface area contributed by atoms with Crippen LogP contribution in [0, 0.1) is 0 Å². The molecule has 47 heavy (non-hydrogen) atoms. The van der Waals surface area contributed by atoms with Gasteiger partial charge in [0.15, 0.2) is 5.82 Å². The maximum atomic E-state index is 13.0. The number of ether oxygens (including phenoxy) is 1. The summed E-state index contributed by atoms with van der Waals surface area (Å²) in [5.74, 6) is 2.12. The van der Waals surface area contributed by atoms with Crippen LogP contribution in [0.5, 0.6) is 0 Å². The van der Waals surface area contributed by atoms with Crippen molar-refractivity contribution in [2.24, 2.45) is 4.99 Å². The van der Waals surface area contributed by atoms with E-state index >= 15 is 0 Å². The van der Waals surface area contributed by atoms with Gasteiger partial charge in [-0.3, -0.25) is 14.7 Å². The largest absolute Gasteiger partial charge is 0.447 e. The minimum Gasteiger partial charge on any atom is -0.447 e. The van der Waals surface area contributed by atoms with Gasteiger partial charge in [0.2, 0.25) is 5.91 Å². The summed E-state index contributed by atoms with van der Waals surface area (Å²) < 4.78 is 5.42. The summed E-state index contributed by atoms with van der Waals surface area (Å²) in [6, 6.07) is 7.72. The van der Waals surface area contributed by atoms with Gasteiger partial charge < -0.3 is 19.6 Å². The number of nitrogens with one attached hydrogen (secondary N) is 2. The molecule has 0 bridgehead atoms. The molecule has 12 heteroatoms. The number of aromatic amines is 2. The number of H-pyrrole nitrogens is 2. The Morgan fingerprint density at radius 3 is 2.09 bits per heavy atom. The van der Waals surface area contributed by atoms with Crippen molar-refractivity contribution in [1.82, 2.24) is 39.7 Å². The Bertz CT molecular complexity index is 1770. The number of rotatable bonds is 10. The molecule has 4 aromatic rings. The van der Waals surface area contributed by atoms with Gasteiger partial charge in [0.05, 0.1) is 48.4 Å². The third-order valence-corrected chi connectivity index (χ3v) is 8.38. The third-order valence-electron chi connectivity index (χ3n) is 8.38. The molecule has 0 radical (unpaired) electrons. The molecule has 0 spiro atoms. The molecule has 5 heterocycles. The summed E-state index contributed by atoms with van der Waals surface area (Å²) in [5.41, 5.74) is 4.96. The minimum absolute atomic E-state index is 0.0125. The van der Waals surface area contributed by atoms with Crippen LogP contribution in [0.1, 0.15) is 69.7 Å². The zero-order valence-corrected chi connectivity index (χ0v) is 26.7. The Kier molecular flexibility index (Phi) is 9.37. The highest BCUT2D eigenvalue weighted by Gasteiger charge is 2.34. The summed E-state index contributed by atoms with van der Waals surface area (Å²) in [6.07, 6.45) is 13.3. The van der Waals surface area contributed by atoms with Crippen molar-refractivity contribution in [1.29, 1.82) is 0 Å². The van der Waals surface area contributed by atoms with Crippen molar-refractivity contribution in [2.75, 3.05) is 13.1 Å². The van der Waals surface area contributed by atoms with Crippen molar-refractivity contribution in [3.05, 3.63) is 85.6 Å². The standard InChI is InChI=1S/C35H39N9O3/c1-5-36-17-23(4)16-31(45)43-14-6-8-29(43)33-39-20-27(41-33)24-10-12-25(13-11-24)32-37-18-26(19-38-32)28-21-40-34(42-28)30-9-7-15-44(30)35(46)47-22(2)3/h5,10-13,17-22,29-30H,1,4,6-9,14-16H2,2-3H3,(H,39,41)(H,40,42)/t29-,30-/m0/s1. The van der Waals surface area contributed by atoms with E-state index in [4.69, 9.17) is 4.74 Å². The molecule has 2 N–H and O–H groups in total. The molecule has 2 fully saturated rings. The average Bonchev–Trinajstić information content (AvgIpc) is 3.89. The van der Waals surface area contributed by atoms with Crippen molar-refractivity contribution in [3.63, 3.8) is 0 Å². The number of hydrogen-bond acceptors (Lipinski definition) is 8. The fraction of sp³-hybridized carbons (Fsp3) is 0.343. The zero-order valence-electron chi connectivity index (χ0n) is 26.7. The van der Waals surface area contributed by atoms with Gasteiger partial charge in [0.25, 0.3) is 0 Å². The second-order valence-corrected chi connectivity index (χ2v) is 12.1. The molecule has 2 amide bonds. The van der Waals surface area contributed by atoms with Crippen molar-refractivity contribution >= 4 is 18.2 Å². The lowest BCUT2D eigenvalue weighted by Gasteiger charge is -2.23. The monoisotopic (exact) mass is 633 g/mol. The molecule has 1 aromatic carbocycles. The zero-order chi connectivity index (χ0) is 32.9. The van der Waals surface area contributed by atoms with E-state index in [-0.39, 0.29) is 36.6 Å². The molecular formula is C35H39N9O3. The first-order chi connectivity index (χ1) is 22.8. The number of amides is 2. The number of carbonyl (C=O) groups excluding carboxylic acids is 2. The van der Waals surface area contributed by atoms with E-state index in [1.54, 1.807) is 29.7 Å². The summed E-state index contributed by atoms with van der Waals surface area (Å²) in [4.78, 5) is 58.3. The Labute approximate surface area is 273 Å². The van der Waals surface area contributed by atoms with Gasteiger partial charge in [-0.2, -0.15) is 0 Å². The van der Waals surface area contributed by atoms with E-state index in [0.29, 0.717) is 24.5 Å². The van der Waals surface area contributed by atoms with Crippen LogP contribution in [-0.4, -0.2) is 77.1 Å². The van der Waals surface area contributed by atoms with E-state index in [2.05, 4.69) is 48.1 Å². The lowest BCUT2D eigenvalue weighted by Crippen LogP contribution is -2.33. The first-order valence-electron chi connectivity index (χ1n) is 15.9. The number of likely N-dealkylation sites (tertiary alicyclic amines) is 2. The number of aliphatic imine (C=N–C) groups is 1. The number of carbonyl (C=O) groups is 2. The number of nitrogens with zero attached hydrogens (tertiary/aromatic N) is 7. The number of aromatic nitrogens is 6. The maximum absolute atomic E-state index is 13.0. The SMILES string of the molecule is C=CN=CC(=C)CC(=O)N1CCC[C@H]1c1ncc(-c2ccc(-c3ncc(-c4cnc([C@@H]5CCCN5C(=O)OC(C)C)[nH]4)cn3)cc2)[nH]1. The van der Waals surface area contributed by atoms with Gasteiger partial charge in [-0.25, -0.2) is 24.7 Å². The molecular weight excluding hydrogens is 594 g/mol. The summed E-state index contributed by atoms with van der Waals surface area (Å²) in [6.45, 7) is 12.5. The number of benzene rings is 1. The van der Waals surface area contributed by atoms with Crippen LogP contribution in [0.25, 0.3) is 33.9 Å². The number of hydrogen-bond donors (Lipinski definition) is 2. The van der Waals surface area contributed by atoms with Crippen LogP contribution < -0.4 is 0 Å². The Balaban J connectivity index is 1.10. The van der Waals surface area contributed by atoms with E-state index in [1.807, 2.05) is 49.2 Å². The maximum Gasteiger partial charge on any atom is 0.410 e. The fourth-order valence-electron chi connectivity index (χ4n) is 6.11. The number of imidazole rings is 2. The highest BCUT2D eigenvalue weighted by atomic mass is 16.6. The Morgan fingerprint density at radius 2 is 1.47 bits per heavy atom. The molecule has 6 rings (SSSR count). The van der Waals surface area contributed by atoms with Gasteiger partial charge in [0.1, 0.15) is 11.6 Å². The average molecular weight is 634 g/mol. The van der Waals surface area contributed by atoms with Crippen molar-refractivity contribution < 1.29 is 14.3 Å². The molecule has 0 aliphatic carbocycles. The predicted molar refractivity (Wildman–Crippen MR) is 179 cm³/mol. The van der Waals surface area contributed by atoms with Crippen LogP contribution in [0.4, 0.5) is 4.79 Å². The third kappa shape index (κ3) is 7.06. The topological polar surface area (TPSA) is 145 Å². The minimum atomic E-state index is -0.312. The molecule has 2 aliphatic rings. The van der Waals surface area contributed by atoms with Crippen LogP contribution in [0.2, 0.25) is 0 Å². The molecule has 242 valence electrons. The normalized spacial score (nSPS) is 17.9. The van der Waals surface area contributed by atoms with Crippen LogP contribution in [-0.2, 0) is 9.53 Å². The van der Waals surface area contributed by atoms with Gasteiger partial charge in [-0.1, -0.05) is 37.4 Å². The van der Waals surface area contributed by atoms with E-state index in [9.17, 15) is 9.59 Å². The van der Waals surface area contributed by atoms with Crippen LogP contribution in [0.3, 0.4) is 0 Å². The molecule has 2 aliphatic heterocycles. The van der Waals surface area contributed by atoms with E-state index in [0.717, 1.165) is 65.4 Å². The molecule has 12 nitrogen and oxygen atoms in total. The molecule has 0 unspecified atom stereocenters. The highest BCUT2D eigenvalue weighted by Crippen LogP contribution is 2.34. The molecule has 0 saturated carbocycles. The lowest BCUT2D eigenvalue weighted by atomic mass is 10.1. The highest BCUT2D eigenvalue weighted by molar-refractivity contribution is 5.89. The van der Waals surface area contributed by atoms with Gasteiger partial charge in [-0.15, -0.1) is 0 Å². The van der Waals surface area contributed by atoms with Crippen LogP contribution in [0.15, 0.2) is 79.0 Å². The van der Waals surface area contributed by atoms with Crippen molar-refractivity contribution in [3.8, 4) is 33.9 Å². The smallest absolute Gasteiger partial charge is 0.410 e. The first-order valence-corrected chi connectivity index (χ1v) is 15.9. The molecule has 3 aromatic heterocycles. The van der Waals surface area contributed by atoms with Gasteiger partial charge in [-0.05, 0) is 50.7 Å². The van der Waals surface area contributed by atoms with Gasteiger partial charge in [0, 0.05) is 49.0 Å². The van der Waals surface area contributed by atoms with E-state index < -0.39 is 0 Å². The van der Waals surface area contributed by atoms with Gasteiger partial charge >= 0.3 is 6.09 Å². The Morgan fingerprint density at radius 1 is 0.894 bits per heavy atom. The van der Waals surface area contributed by atoms with Crippen LogP contribution >= 0.6 is 0 Å². The summed E-state index contributed by atoms with van der Waals surface area (Å²) >= 11 is 0. The first kappa shape index (κ1) is 31.6. The quantitative estimate of drug-likeness (QED) is 0.191. The van der Waals surface area contributed by atoms with Crippen molar-refractivity contribution in [2.45, 2.75) is 64.1 Å². The Hall–Kier alpha value is -5.39. The summed E-state index contributed by atoms with van der Waals surface area (Å²) in [5, 5.41) is 0. The fourth-order valence-corrected chi connectivity index (χ4v) is 6.11. The lowest BCUT2D eigenvalue weighted by molar-refractivity contribution is -0.131. The second kappa shape index (κ2) is 13.9. The van der Waals surface area contributed by atoms with E-state index in [1.165, 1.54) is 6.20 Å². The molecule has 2 saturated heterocycles. The second-order valence-electron chi connectivity index (χ2n) is 12.1. The predicted octanol–water partition coefficient (Wildman–Crippen LogP) is 6.43.